The fraction of sp³-hybridized carbons (Fsp3) is 0.333. The number of fused-ring (bicyclic) bond motifs is 1. The predicted octanol–water partition coefficient (Wildman–Crippen LogP) is 1.18. The van der Waals surface area contributed by atoms with Crippen molar-refractivity contribution in [2.45, 2.75) is 24.8 Å². The maximum atomic E-state index is 11.9. The van der Waals surface area contributed by atoms with Crippen LogP contribution in [0.5, 0.6) is 0 Å². The van der Waals surface area contributed by atoms with E-state index < -0.39 is 12.0 Å². The predicted molar refractivity (Wildman–Crippen MR) is 75.3 cm³/mol. The van der Waals surface area contributed by atoms with Crippen LogP contribution in [0.1, 0.15) is 24.3 Å². The molecule has 1 amide bonds. The minimum Gasteiger partial charge on any atom is -0.480 e. The van der Waals surface area contributed by atoms with Crippen molar-refractivity contribution in [3.8, 4) is 12.3 Å². The van der Waals surface area contributed by atoms with Gasteiger partial charge in [-0.15, -0.1) is 12.3 Å². The largest absolute Gasteiger partial charge is 0.480 e. The highest BCUT2D eigenvalue weighted by atomic mass is 16.4. The van der Waals surface area contributed by atoms with E-state index in [0.717, 1.165) is 11.3 Å². The Balaban J connectivity index is 1.96. The van der Waals surface area contributed by atoms with Crippen molar-refractivity contribution in [3.63, 3.8) is 0 Å². The van der Waals surface area contributed by atoms with Gasteiger partial charge < -0.3 is 15.7 Å². The van der Waals surface area contributed by atoms with Gasteiger partial charge in [-0.1, -0.05) is 18.2 Å². The topological polar surface area (TPSA) is 78.4 Å². The molecule has 0 bridgehead atoms. The number of carbonyl (C=O) groups is 2. The molecule has 2 unspecified atom stereocenters. The lowest BCUT2D eigenvalue weighted by atomic mass is 9.97. The highest BCUT2D eigenvalue weighted by molar-refractivity contribution is 5.84. The van der Waals surface area contributed by atoms with Crippen LogP contribution < -0.4 is 10.6 Å². The van der Waals surface area contributed by atoms with Gasteiger partial charge in [-0.05, 0) is 11.6 Å². The first-order valence-electron chi connectivity index (χ1n) is 6.40. The van der Waals surface area contributed by atoms with Gasteiger partial charge in [-0.25, -0.2) is 4.79 Å². The van der Waals surface area contributed by atoms with Crippen molar-refractivity contribution in [2.24, 2.45) is 0 Å². The number of terminal acetylenes is 1. The lowest BCUT2D eigenvalue weighted by Crippen LogP contribution is -2.41. The lowest BCUT2D eigenvalue weighted by Gasteiger charge is -2.14. The summed E-state index contributed by atoms with van der Waals surface area (Å²) in [6.45, 7) is 0.680. The molecule has 1 aromatic carbocycles. The zero-order valence-electron chi connectivity index (χ0n) is 10.9. The number of amides is 1. The molecular weight excluding hydrogens is 256 g/mol. The quantitative estimate of drug-likeness (QED) is 0.703. The zero-order valence-corrected chi connectivity index (χ0v) is 10.9. The van der Waals surface area contributed by atoms with Crippen molar-refractivity contribution in [1.82, 2.24) is 5.32 Å². The molecule has 1 aliphatic heterocycles. The maximum Gasteiger partial charge on any atom is 0.327 e. The van der Waals surface area contributed by atoms with Crippen LogP contribution in [0, 0.1) is 12.3 Å². The molecule has 0 saturated carbocycles. The lowest BCUT2D eigenvalue weighted by molar-refractivity contribution is -0.141. The average Bonchev–Trinajstić information content (AvgIpc) is 2.81. The second kappa shape index (κ2) is 6.11. The number of carboxylic acids is 1. The highest BCUT2D eigenvalue weighted by Crippen LogP contribution is 2.32. The molecule has 0 aromatic heterocycles. The maximum absolute atomic E-state index is 11.9. The number of hydrogen-bond acceptors (Lipinski definition) is 3. The van der Waals surface area contributed by atoms with Gasteiger partial charge in [0.2, 0.25) is 5.91 Å². The van der Waals surface area contributed by atoms with Gasteiger partial charge in [0, 0.05) is 31.0 Å². The van der Waals surface area contributed by atoms with Crippen molar-refractivity contribution in [1.29, 1.82) is 0 Å². The molecule has 3 N–H and O–H groups in total. The van der Waals surface area contributed by atoms with E-state index in [9.17, 15) is 9.59 Å². The molecule has 1 aliphatic rings. The monoisotopic (exact) mass is 272 g/mol. The molecule has 1 aromatic rings. The zero-order chi connectivity index (χ0) is 14.5. The van der Waals surface area contributed by atoms with Gasteiger partial charge >= 0.3 is 5.97 Å². The van der Waals surface area contributed by atoms with Gasteiger partial charge in [-0.2, -0.15) is 0 Å². The summed E-state index contributed by atoms with van der Waals surface area (Å²) in [7, 11) is 0. The summed E-state index contributed by atoms with van der Waals surface area (Å²) in [6.07, 6.45) is 5.33. The summed E-state index contributed by atoms with van der Waals surface area (Å²) < 4.78 is 0. The Morgan fingerprint density at radius 1 is 1.50 bits per heavy atom. The number of rotatable bonds is 5. The minimum absolute atomic E-state index is 0.0133. The number of aliphatic carboxylic acids is 1. The summed E-state index contributed by atoms with van der Waals surface area (Å²) in [4.78, 5) is 22.9. The molecule has 5 nitrogen and oxygen atoms in total. The van der Waals surface area contributed by atoms with Crippen LogP contribution >= 0.6 is 0 Å². The second-order valence-electron chi connectivity index (χ2n) is 4.74. The highest BCUT2D eigenvalue weighted by Gasteiger charge is 2.26. The summed E-state index contributed by atoms with van der Waals surface area (Å²) in [5.41, 5.74) is 2.12. The molecule has 0 spiro atoms. The second-order valence-corrected chi connectivity index (χ2v) is 4.74. The number of anilines is 1. The molecular formula is C15H16N2O3. The van der Waals surface area contributed by atoms with Gasteiger partial charge in [0.25, 0.3) is 0 Å². The van der Waals surface area contributed by atoms with Crippen molar-refractivity contribution in [3.05, 3.63) is 29.8 Å². The SMILES string of the molecule is C#CCC(NC(=O)CC1CNc2ccccc21)C(=O)O. The van der Waals surface area contributed by atoms with E-state index >= 15 is 0 Å². The first kappa shape index (κ1) is 13.9. The molecule has 0 radical (unpaired) electrons. The Labute approximate surface area is 117 Å². The normalized spacial score (nSPS) is 17.4. The van der Waals surface area contributed by atoms with Gasteiger partial charge in [-0.3, -0.25) is 4.79 Å². The van der Waals surface area contributed by atoms with Gasteiger partial charge in [0.15, 0.2) is 0 Å². The van der Waals surface area contributed by atoms with Crippen molar-refractivity contribution >= 4 is 17.6 Å². The minimum atomic E-state index is -1.11. The van der Waals surface area contributed by atoms with Gasteiger partial charge in [0.1, 0.15) is 6.04 Å². The van der Waals surface area contributed by atoms with Crippen molar-refractivity contribution < 1.29 is 14.7 Å². The van der Waals surface area contributed by atoms with E-state index in [1.165, 1.54) is 0 Å². The summed E-state index contributed by atoms with van der Waals surface area (Å²) in [5, 5.41) is 14.6. The van der Waals surface area contributed by atoms with Crippen molar-refractivity contribution in [2.75, 3.05) is 11.9 Å². The number of benzene rings is 1. The molecule has 2 rings (SSSR count). The summed E-state index contributed by atoms with van der Waals surface area (Å²) in [5.74, 6) is 0.912. The van der Waals surface area contributed by atoms with Gasteiger partial charge in [0.05, 0.1) is 0 Å². The number of para-hydroxylation sites is 1. The molecule has 0 aliphatic carbocycles. The molecule has 2 atom stereocenters. The Morgan fingerprint density at radius 2 is 2.25 bits per heavy atom. The van der Waals surface area contributed by atoms with E-state index in [-0.39, 0.29) is 24.7 Å². The van der Waals surface area contributed by atoms with Crippen LogP contribution in [-0.2, 0) is 9.59 Å². The fourth-order valence-electron chi connectivity index (χ4n) is 2.33. The first-order chi connectivity index (χ1) is 9.61. The third-order valence-electron chi connectivity index (χ3n) is 3.33. The molecule has 104 valence electrons. The van der Waals surface area contributed by atoms with Crippen LogP contribution in [0.3, 0.4) is 0 Å². The number of carboxylic acid groups (broad SMARTS) is 1. The standard InChI is InChI=1S/C15H16N2O3/c1-2-5-13(15(19)20)17-14(18)8-10-9-16-12-7-4-3-6-11(10)12/h1,3-4,6-7,10,13,16H,5,8-9H2,(H,17,18)(H,19,20). The first-order valence-corrected chi connectivity index (χ1v) is 6.40. The third kappa shape index (κ3) is 3.09. The van der Waals surface area contributed by atoms with Crippen LogP contribution in [0.2, 0.25) is 0 Å². The average molecular weight is 272 g/mol. The van der Waals surface area contributed by atoms with E-state index in [4.69, 9.17) is 11.5 Å². The Bertz CT molecular complexity index is 562. The van der Waals surface area contributed by atoms with E-state index in [2.05, 4.69) is 16.6 Å². The van der Waals surface area contributed by atoms with E-state index in [1.54, 1.807) is 0 Å². The summed E-state index contributed by atoms with van der Waals surface area (Å²) >= 11 is 0. The molecule has 0 saturated heterocycles. The molecule has 5 heteroatoms. The number of carbonyl (C=O) groups excluding carboxylic acids is 1. The fourth-order valence-corrected chi connectivity index (χ4v) is 2.33. The summed E-state index contributed by atoms with van der Waals surface area (Å²) in [6, 6.07) is 6.78. The Hall–Kier alpha value is -2.48. The number of nitrogens with one attached hydrogen (secondary N) is 2. The molecule has 0 fully saturated rings. The molecule has 20 heavy (non-hydrogen) atoms. The van der Waals surface area contributed by atoms with E-state index in [0.29, 0.717) is 6.54 Å². The Kier molecular flexibility index (Phi) is 4.26. The van der Waals surface area contributed by atoms with E-state index in [1.807, 2.05) is 24.3 Å². The smallest absolute Gasteiger partial charge is 0.327 e. The Morgan fingerprint density at radius 3 is 2.95 bits per heavy atom. The third-order valence-corrected chi connectivity index (χ3v) is 3.33. The van der Waals surface area contributed by atoms with Crippen LogP contribution in [0.25, 0.3) is 0 Å². The van der Waals surface area contributed by atoms with Crippen LogP contribution in [-0.4, -0.2) is 29.6 Å². The van der Waals surface area contributed by atoms with Crippen LogP contribution in [0.15, 0.2) is 24.3 Å². The van der Waals surface area contributed by atoms with Crippen LogP contribution in [0.4, 0.5) is 5.69 Å². The number of hydrogen-bond donors (Lipinski definition) is 3. The molecule has 1 heterocycles.